The van der Waals surface area contributed by atoms with Crippen LogP contribution in [0.3, 0.4) is 0 Å². The molecule has 31 heavy (non-hydrogen) atoms. The number of sulfonamides is 1. The van der Waals surface area contributed by atoms with Crippen LogP contribution in [0.4, 0.5) is 15.8 Å². The first kappa shape index (κ1) is 22.6. The van der Waals surface area contributed by atoms with E-state index in [9.17, 15) is 17.6 Å². The summed E-state index contributed by atoms with van der Waals surface area (Å²) in [6, 6.07) is 18.1. The van der Waals surface area contributed by atoms with Crippen LogP contribution in [-0.4, -0.2) is 27.5 Å². The molecule has 0 aliphatic heterocycles. The Bertz CT molecular complexity index is 1170. The molecule has 0 aliphatic rings. The van der Waals surface area contributed by atoms with E-state index in [1.807, 2.05) is 0 Å². The minimum atomic E-state index is -3.89. The van der Waals surface area contributed by atoms with Crippen LogP contribution in [0, 0.1) is 5.82 Å². The maximum Gasteiger partial charge on any atom is 0.264 e. The highest BCUT2D eigenvalue weighted by Gasteiger charge is 2.24. The number of amides is 1. The van der Waals surface area contributed by atoms with Gasteiger partial charge in [-0.1, -0.05) is 35.9 Å². The van der Waals surface area contributed by atoms with Crippen molar-refractivity contribution in [3.05, 3.63) is 83.6 Å². The molecular weight excluding hydrogens is 443 g/mol. The van der Waals surface area contributed by atoms with E-state index in [-0.39, 0.29) is 27.9 Å². The highest BCUT2D eigenvalue weighted by Crippen LogP contribution is 2.29. The number of ether oxygens (including phenoxy) is 1. The largest absolute Gasteiger partial charge is 0.484 e. The summed E-state index contributed by atoms with van der Waals surface area (Å²) in [6.07, 6.45) is 0. The molecule has 0 atom stereocenters. The van der Waals surface area contributed by atoms with Crippen LogP contribution < -0.4 is 14.4 Å². The molecule has 0 heterocycles. The second-order valence-electron chi connectivity index (χ2n) is 6.44. The summed E-state index contributed by atoms with van der Waals surface area (Å²) in [5.41, 5.74) is 0.647. The summed E-state index contributed by atoms with van der Waals surface area (Å²) in [7, 11) is -3.89. The maximum atomic E-state index is 13.2. The van der Waals surface area contributed by atoms with Gasteiger partial charge in [-0.25, -0.2) is 12.8 Å². The van der Waals surface area contributed by atoms with Crippen molar-refractivity contribution in [2.45, 2.75) is 11.8 Å². The predicted octanol–water partition coefficient (Wildman–Crippen LogP) is 4.71. The Kier molecular flexibility index (Phi) is 7.14. The summed E-state index contributed by atoms with van der Waals surface area (Å²) in [6.45, 7) is 1.55. The number of halogens is 2. The van der Waals surface area contributed by atoms with Crippen LogP contribution in [0.15, 0.2) is 77.7 Å². The lowest BCUT2D eigenvalue weighted by Crippen LogP contribution is -2.30. The lowest BCUT2D eigenvalue weighted by Gasteiger charge is -2.23. The third-order valence-corrected chi connectivity index (χ3v) is 6.53. The molecule has 0 bridgehead atoms. The Labute approximate surface area is 185 Å². The number of benzene rings is 3. The molecule has 3 rings (SSSR count). The number of nitrogens with one attached hydrogen (secondary N) is 1. The summed E-state index contributed by atoms with van der Waals surface area (Å²) in [5, 5.41) is 2.70. The molecule has 0 saturated carbocycles. The monoisotopic (exact) mass is 462 g/mol. The summed E-state index contributed by atoms with van der Waals surface area (Å²) < 4.78 is 46.0. The average molecular weight is 463 g/mol. The number of nitrogens with zero attached hydrogens (tertiary/aromatic N) is 1. The van der Waals surface area contributed by atoms with E-state index in [1.54, 1.807) is 37.3 Å². The van der Waals surface area contributed by atoms with E-state index in [1.165, 1.54) is 40.7 Å². The predicted molar refractivity (Wildman–Crippen MR) is 119 cm³/mol. The maximum absolute atomic E-state index is 13.2. The number of carbonyl (C=O) groups excluding carboxylic acids is 1. The first-order chi connectivity index (χ1) is 14.8. The highest BCUT2D eigenvalue weighted by atomic mass is 35.5. The Hall–Kier alpha value is -3.10. The van der Waals surface area contributed by atoms with Gasteiger partial charge in [0.25, 0.3) is 15.9 Å². The molecule has 0 unspecified atom stereocenters. The molecule has 0 radical (unpaired) electrons. The van der Waals surface area contributed by atoms with E-state index in [0.29, 0.717) is 5.69 Å². The molecule has 6 nitrogen and oxygen atoms in total. The molecule has 9 heteroatoms. The van der Waals surface area contributed by atoms with Crippen molar-refractivity contribution in [2.75, 3.05) is 22.8 Å². The van der Waals surface area contributed by atoms with Crippen molar-refractivity contribution >= 4 is 38.9 Å². The van der Waals surface area contributed by atoms with Crippen LogP contribution in [-0.2, 0) is 14.8 Å². The fourth-order valence-corrected chi connectivity index (χ4v) is 4.53. The molecule has 162 valence electrons. The smallest absolute Gasteiger partial charge is 0.264 e. The van der Waals surface area contributed by atoms with Gasteiger partial charge in [-0.2, -0.15) is 0 Å². The zero-order chi connectivity index (χ0) is 22.4. The Balaban J connectivity index is 1.78. The third kappa shape index (κ3) is 5.53. The lowest BCUT2D eigenvalue weighted by molar-refractivity contribution is -0.118. The molecule has 0 spiro atoms. The summed E-state index contributed by atoms with van der Waals surface area (Å²) in [5.74, 6) is -0.868. The minimum absolute atomic E-state index is 0.0241. The molecule has 1 amide bonds. The zero-order valence-corrected chi connectivity index (χ0v) is 18.2. The molecule has 1 N–H and O–H groups in total. The van der Waals surface area contributed by atoms with Gasteiger partial charge in [-0.15, -0.1) is 0 Å². The van der Waals surface area contributed by atoms with E-state index < -0.39 is 28.4 Å². The van der Waals surface area contributed by atoms with E-state index in [4.69, 9.17) is 16.3 Å². The van der Waals surface area contributed by atoms with Crippen molar-refractivity contribution in [3.63, 3.8) is 0 Å². The topological polar surface area (TPSA) is 75.7 Å². The van der Waals surface area contributed by atoms with Crippen LogP contribution in [0.5, 0.6) is 5.75 Å². The van der Waals surface area contributed by atoms with Crippen molar-refractivity contribution < 1.29 is 22.3 Å². The summed E-state index contributed by atoms with van der Waals surface area (Å²) in [4.78, 5) is 12.2. The van der Waals surface area contributed by atoms with Crippen molar-refractivity contribution in [1.82, 2.24) is 0 Å². The number of carbonyl (C=O) groups is 1. The number of anilines is 2. The molecule has 0 saturated heterocycles. The van der Waals surface area contributed by atoms with Crippen molar-refractivity contribution in [2.24, 2.45) is 0 Å². The van der Waals surface area contributed by atoms with Gasteiger partial charge in [0, 0.05) is 12.6 Å². The van der Waals surface area contributed by atoms with Crippen LogP contribution in [0.2, 0.25) is 5.02 Å². The first-order valence-corrected chi connectivity index (χ1v) is 11.2. The Morgan fingerprint density at radius 1 is 1.06 bits per heavy atom. The van der Waals surface area contributed by atoms with E-state index in [0.717, 1.165) is 6.07 Å². The highest BCUT2D eigenvalue weighted by molar-refractivity contribution is 7.92. The number of rotatable bonds is 8. The van der Waals surface area contributed by atoms with Gasteiger partial charge >= 0.3 is 0 Å². The number of para-hydroxylation sites is 1. The molecule has 0 aliphatic carbocycles. The van der Waals surface area contributed by atoms with Gasteiger partial charge in [-0.05, 0) is 49.4 Å². The van der Waals surface area contributed by atoms with Crippen molar-refractivity contribution in [3.8, 4) is 5.75 Å². The quantitative estimate of drug-likeness (QED) is 0.526. The average Bonchev–Trinajstić information content (AvgIpc) is 2.75. The van der Waals surface area contributed by atoms with Gasteiger partial charge < -0.3 is 10.1 Å². The molecule has 0 aromatic heterocycles. The SMILES string of the molecule is CCN(c1ccccc1)S(=O)(=O)c1ccc(Cl)c(NC(=O)COc2cccc(F)c2)c1. The summed E-state index contributed by atoms with van der Waals surface area (Å²) >= 11 is 6.15. The third-order valence-electron chi connectivity index (χ3n) is 4.30. The molecule has 3 aromatic carbocycles. The second kappa shape index (κ2) is 9.80. The van der Waals surface area contributed by atoms with E-state index >= 15 is 0 Å². The molecular formula is C22H20ClFN2O4S. The zero-order valence-electron chi connectivity index (χ0n) is 16.6. The van der Waals surface area contributed by atoms with Crippen LogP contribution in [0.1, 0.15) is 6.92 Å². The Morgan fingerprint density at radius 3 is 2.48 bits per heavy atom. The fourth-order valence-electron chi connectivity index (χ4n) is 2.87. The van der Waals surface area contributed by atoms with Gasteiger partial charge in [-0.3, -0.25) is 9.10 Å². The lowest BCUT2D eigenvalue weighted by atomic mass is 10.3. The molecule has 3 aromatic rings. The van der Waals surface area contributed by atoms with Gasteiger partial charge in [0.2, 0.25) is 0 Å². The number of hydrogen-bond donors (Lipinski definition) is 1. The van der Waals surface area contributed by atoms with Crippen LogP contribution in [0.25, 0.3) is 0 Å². The van der Waals surface area contributed by atoms with Crippen molar-refractivity contribution in [1.29, 1.82) is 0 Å². The van der Waals surface area contributed by atoms with E-state index in [2.05, 4.69) is 5.32 Å². The Morgan fingerprint density at radius 2 is 1.81 bits per heavy atom. The normalized spacial score (nSPS) is 11.1. The van der Waals surface area contributed by atoms with Gasteiger partial charge in [0.15, 0.2) is 6.61 Å². The number of hydrogen-bond acceptors (Lipinski definition) is 4. The molecule has 0 fully saturated rings. The van der Waals surface area contributed by atoms with Gasteiger partial charge in [0.05, 0.1) is 21.3 Å². The standard InChI is InChI=1S/C22H20ClFN2O4S/c1-2-26(17-8-4-3-5-9-17)31(28,29)19-11-12-20(23)21(14-19)25-22(27)15-30-18-10-6-7-16(24)13-18/h3-14H,2,15H2,1H3,(H,25,27). The van der Waals surface area contributed by atoms with Crippen LogP contribution >= 0.6 is 11.6 Å². The second-order valence-corrected chi connectivity index (χ2v) is 8.71. The first-order valence-electron chi connectivity index (χ1n) is 9.37. The fraction of sp³-hybridized carbons (Fsp3) is 0.136. The minimum Gasteiger partial charge on any atom is -0.484 e. The van der Waals surface area contributed by atoms with Gasteiger partial charge in [0.1, 0.15) is 11.6 Å².